The van der Waals surface area contributed by atoms with E-state index in [1.165, 1.54) is 25.7 Å². The molecule has 0 unspecified atom stereocenters. The number of rotatable bonds is 2. The molecule has 2 nitrogen and oxygen atoms in total. The molecule has 84 valence electrons. The third-order valence-corrected chi connectivity index (χ3v) is 4.06. The Morgan fingerprint density at radius 2 is 1.14 bits per heavy atom. The smallest absolute Gasteiger partial charge is 0.0461 e. The van der Waals surface area contributed by atoms with E-state index in [1.807, 2.05) is 0 Å². The first-order chi connectivity index (χ1) is 6.69. The van der Waals surface area contributed by atoms with Crippen molar-refractivity contribution < 1.29 is 10.2 Å². The molecule has 2 aliphatic carbocycles. The monoisotopic (exact) mass is 200 g/mol. The van der Waals surface area contributed by atoms with Crippen LogP contribution in [0.2, 0.25) is 0 Å². The van der Waals surface area contributed by atoms with Gasteiger partial charge in [0.05, 0.1) is 0 Å². The maximum atomic E-state index is 8.56. The van der Waals surface area contributed by atoms with Crippen LogP contribution in [-0.2, 0) is 0 Å². The fraction of sp³-hybridized carbons (Fsp3) is 1.00. The molecule has 2 N–H and O–H groups in total. The summed E-state index contributed by atoms with van der Waals surface area (Å²) in [4.78, 5) is 0. The van der Waals surface area contributed by atoms with Crippen molar-refractivity contribution >= 4 is 0 Å². The standard InChI is InChI=1S/2C6H12O/c2*1-5-2-3-6(5)4-7/h2*5-7H,2-4H2,1H3/t2*5-,6+/m10/s1. The van der Waals surface area contributed by atoms with Gasteiger partial charge in [-0.15, -0.1) is 0 Å². The predicted octanol–water partition coefficient (Wildman–Crippen LogP) is 2.05. The number of hydrogen-bond acceptors (Lipinski definition) is 2. The molecule has 2 aliphatic rings. The van der Waals surface area contributed by atoms with Gasteiger partial charge in [-0.05, 0) is 36.5 Å². The predicted molar refractivity (Wildman–Crippen MR) is 57.9 cm³/mol. The SMILES string of the molecule is C[C@@H]1CC[C@H]1CO.C[C@H]1CC[C@@H]1CO. The summed E-state index contributed by atoms with van der Waals surface area (Å²) >= 11 is 0. The molecule has 0 heterocycles. The molecule has 0 amide bonds. The van der Waals surface area contributed by atoms with Crippen molar-refractivity contribution in [3.05, 3.63) is 0 Å². The summed E-state index contributed by atoms with van der Waals surface area (Å²) < 4.78 is 0. The number of aliphatic hydroxyl groups is 2. The second-order valence-electron chi connectivity index (χ2n) is 4.99. The van der Waals surface area contributed by atoms with Crippen LogP contribution in [0.15, 0.2) is 0 Å². The van der Waals surface area contributed by atoms with Crippen LogP contribution in [-0.4, -0.2) is 23.4 Å². The molecule has 2 heteroatoms. The van der Waals surface area contributed by atoms with E-state index in [0.717, 1.165) is 11.8 Å². The zero-order valence-corrected chi connectivity index (χ0v) is 9.45. The van der Waals surface area contributed by atoms with Crippen LogP contribution in [0.4, 0.5) is 0 Å². The lowest BCUT2D eigenvalue weighted by atomic mass is 9.76. The van der Waals surface area contributed by atoms with Crippen LogP contribution in [0, 0.1) is 23.7 Å². The third kappa shape index (κ3) is 2.96. The van der Waals surface area contributed by atoms with E-state index >= 15 is 0 Å². The van der Waals surface area contributed by atoms with Gasteiger partial charge < -0.3 is 10.2 Å². The highest BCUT2D eigenvalue weighted by atomic mass is 16.3. The van der Waals surface area contributed by atoms with Crippen LogP contribution in [0.25, 0.3) is 0 Å². The molecule has 0 radical (unpaired) electrons. The maximum absolute atomic E-state index is 8.56. The molecule has 0 saturated heterocycles. The van der Waals surface area contributed by atoms with E-state index in [9.17, 15) is 0 Å². The van der Waals surface area contributed by atoms with Gasteiger partial charge in [0, 0.05) is 13.2 Å². The van der Waals surface area contributed by atoms with E-state index in [1.54, 1.807) is 0 Å². The third-order valence-electron chi connectivity index (χ3n) is 4.06. The Morgan fingerprint density at radius 1 is 0.786 bits per heavy atom. The molecule has 4 atom stereocenters. The van der Waals surface area contributed by atoms with Gasteiger partial charge in [0.25, 0.3) is 0 Å². The van der Waals surface area contributed by atoms with Gasteiger partial charge in [0.2, 0.25) is 0 Å². The van der Waals surface area contributed by atoms with E-state index in [2.05, 4.69) is 13.8 Å². The second kappa shape index (κ2) is 5.72. The first-order valence-corrected chi connectivity index (χ1v) is 5.90. The summed E-state index contributed by atoms with van der Waals surface area (Å²) in [5.41, 5.74) is 0. The Kier molecular flexibility index (Phi) is 4.90. The lowest BCUT2D eigenvalue weighted by Gasteiger charge is -2.31. The van der Waals surface area contributed by atoms with E-state index in [0.29, 0.717) is 25.0 Å². The molecular weight excluding hydrogens is 176 g/mol. The Hall–Kier alpha value is -0.0800. The normalized spacial score (nSPS) is 40.3. The van der Waals surface area contributed by atoms with Crippen LogP contribution < -0.4 is 0 Å². The Bertz CT molecular complexity index is 136. The lowest BCUT2D eigenvalue weighted by molar-refractivity contribution is 0.103. The van der Waals surface area contributed by atoms with E-state index in [-0.39, 0.29) is 0 Å². The van der Waals surface area contributed by atoms with Crippen molar-refractivity contribution in [2.75, 3.05) is 13.2 Å². The van der Waals surface area contributed by atoms with Gasteiger partial charge in [-0.3, -0.25) is 0 Å². The molecule has 2 saturated carbocycles. The van der Waals surface area contributed by atoms with Crippen molar-refractivity contribution in [1.29, 1.82) is 0 Å². The van der Waals surface area contributed by atoms with Gasteiger partial charge in [-0.2, -0.15) is 0 Å². The number of hydrogen-bond donors (Lipinski definition) is 2. The summed E-state index contributed by atoms with van der Waals surface area (Å²) in [6.45, 7) is 5.21. The highest BCUT2D eigenvalue weighted by molar-refractivity contribution is 4.76. The molecule has 0 aliphatic heterocycles. The molecule has 2 fully saturated rings. The van der Waals surface area contributed by atoms with Crippen molar-refractivity contribution in [3.63, 3.8) is 0 Å². The van der Waals surface area contributed by atoms with Gasteiger partial charge in [0.15, 0.2) is 0 Å². The Balaban J connectivity index is 0.000000140. The number of aliphatic hydroxyl groups excluding tert-OH is 2. The summed E-state index contributed by atoms with van der Waals surface area (Å²) in [5.74, 6) is 2.87. The van der Waals surface area contributed by atoms with Gasteiger partial charge >= 0.3 is 0 Å². The van der Waals surface area contributed by atoms with Crippen LogP contribution in [0.1, 0.15) is 39.5 Å². The fourth-order valence-corrected chi connectivity index (χ4v) is 2.01. The van der Waals surface area contributed by atoms with Crippen molar-refractivity contribution in [1.82, 2.24) is 0 Å². The van der Waals surface area contributed by atoms with E-state index < -0.39 is 0 Å². The van der Waals surface area contributed by atoms with Gasteiger partial charge in [-0.25, -0.2) is 0 Å². The van der Waals surface area contributed by atoms with Gasteiger partial charge in [0.1, 0.15) is 0 Å². The van der Waals surface area contributed by atoms with Crippen LogP contribution in [0.5, 0.6) is 0 Å². The summed E-state index contributed by atoms with van der Waals surface area (Å²) in [6, 6.07) is 0. The van der Waals surface area contributed by atoms with Crippen molar-refractivity contribution in [2.45, 2.75) is 39.5 Å². The molecule has 0 aromatic heterocycles. The molecule has 0 bridgehead atoms. The lowest BCUT2D eigenvalue weighted by Crippen LogP contribution is -2.25. The molecule has 0 aromatic rings. The van der Waals surface area contributed by atoms with Crippen LogP contribution >= 0.6 is 0 Å². The minimum Gasteiger partial charge on any atom is -0.396 e. The molecule has 0 spiro atoms. The minimum atomic E-state index is 0.404. The summed E-state index contributed by atoms with van der Waals surface area (Å²) in [7, 11) is 0. The highest BCUT2D eigenvalue weighted by Crippen LogP contribution is 2.33. The fourth-order valence-electron chi connectivity index (χ4n) is 2.01. The highest BCUT2D eigenvalue weighted by Gasteiger charge is 2.25. The van der Waals surface area contributed by atoms with Crippen LogP contribution in [0.3, 0.4) is 0 Å². The Labute approximate surface area is 87.3 Å². The molecule has 14 heavy (non-hydrogen) atoms. The van der Waals surface area contributed by atoms with Crippen molar-refractivity contribution in [2.24, 2.45) is 23.7 Å². The minimum absolute atomic E-state index is 0.404. The second-order valence-corrected chi connectivity index (χ2v) is 4.99. The first-order valence-electron chi connectivity index (χ1n) is 5.90. The van der Waals surface area contributed by atoms with Gasteiger partial charge in [-0.1, -0.05) is 26.7 Å². The first kappa shape index (κ1) is 12.0. The molecule has 2 rings (SSSR count). The largest absolute Gasteiger partial charge is 0.396 e. The van der Waals surface area contributed by atoms with Crippen molar-refractivity contribution in [3.8, 4) is 0 Å². The molecule has 0 aromatic carbocycles. The average molecular weight is 200 g/mol. The van der Waals surface area contributed by atoms with E-state index in [4.69, 9.17) is 10.2 Å². The average Bonchev–Trinajstić information content (AvgIpc) is 2.16. The Morgan fingerprint density at radius 3 is 1.14 bits per heavy atom. The zero-order chi connectivity index (χ0) is 10.6. The molecular formula is C12H24O2. The quantitative estimate of drug-likeness (QED) is 0.716. The maximum Gasteiger partial charge on any atom is 0.0461 e. The summed E-state index contributed by atoms with van der Waals surface area (Å²) in [6.07, 6.45) is 5.14. The topological polar surface area (TPSA) is 40.5 Å². The zero-order valence-electron chi connectivity index (χ0n) is 9.45. The summed E-state index contributed by atoms with van der Waals surface area (Å²) in [5, 5.41) is 17.1.